The van der Waals surface area contributed by atoms with Crippen molar-refractivity contribution in [2.75, 3.05) is 13.1 Å². The molecular weight excluding hydrogens is 320 g/mol. The molecule has 2 amide bonds. The smallest absolute Gasteiger partial charge is 0.408 e. The minimum atomic E-state index is -1.52. The SMILES string of the molecule is CC(C)(C)OC(=O)NC1(C(=O)O)CCN(C(=O)c2ccsc2)C1. The van der Waals surface area contributed by atoms with Crippen LogP contribution in [0.25, 0.3) is 0 Å². The first-order valence-corrected chi connectivity index (χ1v) is 8.13. The van der Waals surface area contributed by atoms with Gasteiger partial charge in [-0.05, 0) is 32.2 Å². The Morgan fingerprint density at radius 2 is 2.09 bits per heavy atom. The topological polar surface area (TPSA) is 95.9 Å². The highest BCUT2D eigenvalue weighted by molar-refractivity contribution is 7.08. The summed E-state index contributed by atoms with van der Waals surface area (Å²) >= 11 is 1.40. The van der Waals surface area contributed by atoms with E-state index < -0.39 is 23.2 Å². The van der Waals surface area contributed by atoms with Crippen LogP contribution in [0.3, 0.4) is 0 Å². The minimum Gasteiger partial charge on any atom is -0.479 e. The predicted molar refractivity (Wildman–Crippen MR) is 84.6 cm³/mol. The summed E-state index contributed by atoms with van der Waals surface area (Å²) in [6, 6.07) is 1.69. The molecule has 1 saturated heterocycles. The first-order chi connectivity index (χ1) is 10.6. The first kappa shape index (κ1) is 17.3. The van der Waals surface area contributed by atoms with Gasteiger partial charge >= 0.3 is 12.1 Å². The van der Waals surface area contributed by atoms with Crippen molar-refractivity contribution in [3.63, 3.8) is 0 Å². The number of aliphatic carboxylic acids is 1. The molecule has 1 unspecified atom stereocenters. The number of ether oxygens (including phenoxy) is 1. The van der Waals surface area contributed by atoms with Crippen LogP contribution in [-0.4, -0.2) is 52.2 Å². The Kier molecular flexibility index (Phi) is 4.65. The molecule has 23 heavy (non-hydrogen) atoms. The van der Waals surface area contributed by atoms with E-state index in [1.165, 1.54) is 16.2 Å². The summed E-state index contributed by atoms with van der Waals surface area (Å²) < 4.78 is 5.13. The van der Waals surface area contributed by atoms with Gasteiger partial charge in [-0.2, -0.15) is 11.3 Å². The van der Waals surface area contributed by atoms with E-state index in [1.54, 1.807) is 37.6 Å². The number of carboxylic acids is 1. The highest BCUT2D eigenvalue weighted by atomic mass is 32.1. The van der Waals surface area contributed by atoms with Crippen LogP contribution < -0.4 is 5.32 Å². The molecule has 0 bridgehead atoms. The van der Waals surface area contributed by atoms with Gasteiger partial charge < -0.3 is 20.1 Å². The molecule has 2 heterocycles. The van der Waals surface area contributed by atoms with Crippen molar-refractivity contribution in [1.29, 1.82) is 0 Å². The van der Waals surface area contributed by atoms with E-state index in [0.29, 0.717) is 5.56 Å². The first-order valence-electron chi connectivity index (χ1n) is 7.19. The molecular formula is C15H20N2O5S. The monoisotopic (exact) mass is 340 g/mol. The molecule has 1 aromatic rings. The normalized spacial score (nSPS) is 21.1. The van der Waals surface area contributed by atoms with Gasteiger partial charge in [-0.25, -0.2) is 9.59 Å². The van der Waals surface area contributed by atoms with Gasteiger partial charge in [0.2, 0.25) is 0 Å². The number of hydrogen-bond acceptors (Lipinski definition) is 5. The van der Waals surface area contributed by atoms with Gasteiger partial charge in [-0.1, -0.05) is 0 Å². The van der Waals surface area contributed by atoms with E-state index in [9.17, 15) is 19.5 Å². The molecule has 1 aromatic heterocycles. The van der Waals surface area contributed by atoms with Crippen molar-refractivity contribution in [2.24, 2.45) is 0 Å². The lowest BCUT2D eigenvalue weighted by atomic mass is 9.99. The summed E-state index contributed by atoms with van der Waals surface area (Å²) in [7, 11) is 0. The van der Waals surface area contributed by atoms with E-state index >= 15 is 0 Å². The number of nitrogens with one attached hydrogen (secondary N) is 1. The van der Waals surface area contributed by atoms with Crippen molar-refractivity contribution in [3.8, 4) is 0 Å². The zero-order chi connectivity index (χ0) is 17.3. The number of carbonyl (C=O) groups excluding carboxylic acids is 2. The number of rotatable bonds is 3. The lowest BCUT2D eigenvalue weighted by Gasteiger charge is -2.28. The summed E-state index contributed by atoms with van der Waals surface area (Å²) in [5, 5.41) is 15.5. The molecule has 0 saturated carbocycles. The standard InChI is InChI=1S/C15H20N2O5S/c1-14(2,3)22-13(21)16-15(12(19)20)5-6-17(9-15)11(18)10-4-7-23-8-10/h4,7-8H,5-6,9H2,1-3H3,(H,16,21)(H,19,20). The Hall–Kier alpha value is -2.09. The third kappa shape index (κ3) is 4.01. The molecule has 8 heteroatoms. The fraction of sp³-hybridized carbons (Fsp3) is 0.533. The second-order valence-corrected chi connectivity index (χ2v) is 7.28. The zero-order valence-corrected chi connectivity index (χ0v) is 14.1. The number of likely N-dealkylation sites (tertiary alicyclic amines) is 1. The van der Waals surface area contributed by atoms with Gasteiger partial charge in [0.05, 0.1) is 12.1 Å². The van der Waals surface area contributed by atoms with Gasteiger partial charge in [0.15, 0.2) is 5.54 Å². The van der Waals surface area contributed by atoms with Crippen molar-refractivity contribution < 1.29 is 24.2 Å². The van der Waals surface area contributed by atoms with Gasteiger partial charge in [0.1, 0.15) is 5.60 Å². The van der Waals surface area contributed by atoms with Gasteiger partial charge in [-0.3, -0.25) is 4.79 Å². The third-order valence-electron chi connectivity index (χ3n) is 3.47. The van der Waals surface area contributed by atoms with Crippen LogP contribution in [-0.2, 0) is 9.53 Å². The van der Waals surface area contributed by atoms with Crippen LogP contribution >= 0.6 is 11.3 Å². The van der Waals surface area contributed by atoms with Crippen molar-refractivity contribution in [1.82, 2.24) is 10.2 Å². The Bertz CT molecular complexity index is 608. The van der Waals surface area contributed by atoms with Crippen molar-refractivity contribution >= 4 is 29.3 Å². The van der Waals surface area contributed by atoms with Crippen LogP contribution in [0.1, 0.15) is 37.6 Å². The molecule has 1 fully saturated rings. The molecule has 126 valence electrons. The van der Waals surface area contributed by atoms with Crippen LogP contribution in [0.15, 0.2) is 16.8 Å². The van der Waals surface area contributed by atoms with E-state index in [1.807, 2.05) is 0 Å². The summed E-state index contributed by atoms with van der Waals surface area (Å²) in [6.07, 6.45) is -0.665. The lowest BCUT2D eigenvalue weighted by molar-refractivity contribution is -0.144. The minimum absolute atomic E-state index is 0.0870. The summed E-state index contributed by atoms with van der Waals surface area (Å²) in [6.45, 7) is 5.26. The maximum Gasteiger partial charge on any atom is 0.408 e. The number of carbonyl (C=O) groups is 3. The maximum atomic E-state index is 12.3. The van der Waals surface area contributed by atoms with E-state index in [0.717, 1.165) is 0 Å². The fourth-order valence-corrected chi connectivity index (χ4v) is 3.01. The molecule has 2 rings (SSSR count). The molecule has 1 aliphatic rings. The Labute approximate surface area is 138 Å². The Morgan fingerprint density at radius 3 is 2.61 bits per heavy atom. The third-order valence-corrected chi connectivity index (χ3v) is 4.16. The van der Waals surface area contributed by atoms with Gasteiger partial charge in [0.25, 0.3) is 5.91 Å². The maximum absolute atomic E-state index is 12.3. The number of thiophene rings is 1. The molecule has 2 N–H and O–H groups in total. The lowest BCUT2D eigenvalue weighted by Crippen LogP contribution is -2.57. The molecule has 0 spiro atoms. The van der Waals surface area contributed by atoms with E-state index in [2.05, 4.69) is 5.32 Å². The number of hydrogen-bond donors (Lipinski definition) is 2. The molecule has 1 aliphatic heterocycles. The predicted octanol–water partition coefficient (Wildman–Crippen LogP) is 1.94. The highest BCUT2D eigenvalue weighted by Gasteiger charge is 2.48. The average molecular weight is 340 g/mol. The largest absolute Gasteiger partial charge is 0.479 e. The van der Waals surface area contributed by atoms with Gasteiger partial charge in [0, 0.05) is 18.3 Å². The number of nitrogens with zero attached hydrogens (tertiary/aromatic N) is 1. The molecule has 0 aliphatic carbocycles. The number of alkyl carbamates (subject to hydrolysis) is 1. The molecule has 0 radical (unpaired) electrons. The van der Waals surface area contributed by atoms with Crippen LogP contribution in [0, 0.1) is 0 Å². The highest BCUT2D eigenvalue weighted by Crippen LogP contribution is 2.25. The Balaban J connectivity index is 2.10. The molecule has 7 nitrogen and oxygen atoms in total. The Morgan fingerprint density at radius 1 is 1.39 bits per heavy atom. The quantitative estimate of drug-likeness (QED) is 0.877. The second-order valence-electron chi connectivity index (χ2n) is 6.50. The van der Waals surface area contributed by atoms with Crippen LogP contribution in [0.5, 0.6) is 0 Å². The summed E-state index contributed by atoms with van der Waals surface area (Å²) in [5.41, 5.74) is -1.73. The van der Waals surface area contributed by atoms with Crippen LogP contribution in [0.2, 0.25) is 0 Å². The second kappa shape index (κ2) is 6.19. The van der Waals surface area contributed by atoms with Gasteiger partial charge in [-0.15, -0.1) is 0 Å². The average Bonchev–Trinajstić information content (AvgIpc) is 3.05. The van der Waals surface area contributed by atoms with Crippen molar-refractivity contribution in [3.05, 3.63) is 22.4 Å². The fourth-order valence-electron chi connectivity index (χ4n) is 2.38. The van der Waals surface area contributed by atoms with Crippen molar-refractivity contribution in [2.45, 2.75) is 38.3 Å². The van der Waals surface area contributed by atoms with Crippen LogP contribution in [0.4, 0.5) is 4.79 Å². The summed E-state index contributed by atoms with van der Waals surface area (Å²) in [4.78, 5) is 37.4. The summed E-state index contributed by atoms with van der Waals surface area (Å²) in [5.74, 6) is -1.41. The van der Waals surface area contributed by atoms with E-state index in [4.69, 9.17) is 4.74 Å². The molecule has 0 aromatic carbocycles. The van der Waals surface area contributed by atoms with E-state index in [-0.39, 0.29) is 25.4 Å². The molecule has 1 atom stereocenters. The number of carboxylic acid groups (broad SMARTS) is 1. The zero-order valence-electron chi connectivity index (χ0n) is 13.3. The number of amides is 2.